The van der Waals surface area contributed by atoms with Gasteiger partial charge in [-0.1, -0.05) is 0 Å². The van der Waals surface area contributed by atoms with Crippen LogP contribution in [0.3, 0.4) is 0 Å². The van der Waals surface area contributed by atoms with Gasteiger partial charge in [-0.2, -0.15) is 0 Å². The lowest BCUT2D eigenvalue weighted by Crippen LogP contribution is -2.56. The number of hydrogen-bond donors (Lipinski definition) is 1. The topological polar surface area (TPSA) is 62.3 Å². The largest absolute Gasteiger partial charge is 0.330 e. The first-order valence-electron chi connectivity index (χ1n) is 10.7. The van der Waals surface area contributed by atoms with Crippen LogP contribution in [-0.4, -0.2) is 40.5 Å². The number of rotatable bonds is 4. The van der Waals surface area contributed by atoms with Crippen LogP contribution < -0.4 is 5.32 Å². The number of carbonyl (C=O) groups is 2. The zero-order chi connectivity index (χ0) is 19.3. The smallest absolute Gasteiger partial charge is 0.247 e. The first-order chi connectivity index (χ1) is 13.6. The molecule has 4 saturated carbocycles. The van der Waals surface area contributed by atoms with Gasteiger partial charge in [0.2, 0.25) is 11.8 Å². The van der Waals surface area contributed by atoms with E-state index in [1.54, 1.807) is 18.0 Å². The van der Waals surface area contributed by atoms with E-state index in [0.717, 1.165) is 61.4 Å². The van der Waals surface area contributed by atoms with Crippen molar-refractivity contribution in [3.63, 3.8) is 0 Å². The Morgan fingerprint density at radius 3 is 2.39 bits per heavy atom. The normalized spacial score (nSPS) is 36.0. The minimum atomic E-state index is -0.333. The summed E-state index contributed by atoms with van der Waals surface area (Å²) in [5.41, 5.74) is 0.538. The summed E-state index contributed by atoms with van der Waals surface area (Å²) < 4.78 is 0. The van der Waals surface area contributed by atoms with Gasteiger partial charge in [0.15, 0.2) is 0 Å². The predicted molar refractivity (Wildman–Crippen MR) is 110 cm³/mol. The molecule has 1 aromatic rings. The highest BCUT2D eigenvalue weighted by molar-refractivity contribution is 7.98. The van der Waals surface area contributed by atoms with Crippen LogP contribution in [0.4, 0.5) is 5.69 Å². The molecule has 1 unspecified atom stereocenters. The number of carbonyl (C=O) groups excluding carboxylic acids is 2. The fraction of sp³-hybridized carbons (Fsp3) is 0.682. The summed E-state index contributed by atoms with van der Waals surface area (Å²) in [4.78, 5) is 32.9. The average molecular weight is 400 g/mol. The number of nitrogens with zero attached hydrogens (tertiary/aromatic N) is 2. The molecule has 1 N–H and O–H groups in total. The Balaban J connectivity index is 1.31. The van der Waals surface area contributed by atoms with Crippen LogP contribution in [0.15, 0.2) is 23.4 Å². The van der Waals surface area contributed by atoms with E-state index >= 15 is 0 Å². The number of thioether (sulfide) groups is 1. The number of hydrogen-bond acceptors (Lipinski definition) is 4. The van der Waals surface area contributed by atoms with E-state index in [0.29, 0.717) is 5.69 Å². The molecule has 5 nitrogen and oxygen atoms in total. The van der Waals surface area contributed by atoms with E-state index in [-0.39, 0.29) is 23.3 Å². The molecule has 0 spiro atoms. The van der Waals surface area contributed by atoms with Crippen LogP contribution in [0, 0.1) is 23.2 Å². The number of aromatic nitrogens is 1. The number of pyridine rings is 1. The van der Waals surface area contributed by atoms with Gasteiger partial charge in [-0.05, 0) is 87.5 Å². The van der Waals surface area contributed by atoms with Crippen molar-refractivity contribution >= 4 is 29.3 Å². The monoisotopic (exact) mass is 399 g/mol. The van der Waals surface area contributed by atoms with E-state index in [9.17, 15) is 9.59 Å². The van der Waals surface area contributed by atoms with Crippen LogP contribution in [0.1, 0.15) is 51.4 Å². The van der Waals surface area contributed by atoms with Crippen molar-refractivity contribution in [3.8, 4) is 0 Å². The van der Waals surface area contributed by atoms with Gasteiger partial charge in [-0.15, -0.1) is 11.8 Å². The first kappa shape index (κ1) is 18.5. The molecule has 0 aromatic carbocycles. The lowest BCUT2D eigenvalue weighted by Gasteiger charge is -2.56. The van der Waals surface area contributed by atoms with Crippen LogP contribution in [0.25, 0.3) is 0 Å². The molecule has 0 radical (unpaired) electrons. The second-order valence-corrected chi connectivity index (χ2v) is 10.3. The van der Waals surface area contributed by atoms with Gasteiger partial charge < -0.3 is 10.2 Å². The average Bonchev–Trinajstić information content (AvgIpc) is 3.17. The highest BCUT2D eigenvalue weighted by Crippen LogP contribution is 2.60. The number of amides is 2. The summed E-state index contributed by atoms with van der Waals surface area (Å²) in [7, 11) is 0. The molecule has 1 aromatic heterocycles. The Kier molecular flexibility index (Phi) is 4.65. The maximum absolute atomic E-state index is 13.7. The van der Waals surface area contributed by atoms with Crippen molar-refractivity contribution < 1.29 is 9.59 Å². The maximum Gasteiger partial charge on any atom is 0.247 e. The molecule has 28 heavy (non-hydrogen) atoms. The van der Waals surface area contributed by atoms with E-state index in [1.807, 2.05) is 23.3 Å². The molecule has 4 aliphatic carbocycles. The Morgan fingerprint density at radius 2 is 1.82 bits per heavy atom. The van der Waals surface area contributed by atoms with Crippen molar-refractivity contribution in [1.29, 1.82) is 0 Å². The summed E-state index contributed by atoms with van der Waals surface area (Å²) >= 11 is 1.58. The lowest BCUT2D eigenvalue weighted by atomic mass is 9.49. The summed E-state index contributed by atoms with van der Waals surface area (Å²) in [6.07, 6.45) is 12.5. The van der Waals surface area contributed by atoms with E-state index in [2.05, 4.69) is 10.3 Å². The van der Waals surface area contributed by atoms with Gasteiger partial charge in [0.05, 0.1) is 22.3 Å². The van der Waals surface area contributed by atoms with Crippen molar-refractivity contribution in [1.82, 2.24) is 9.88 Å². The third-order valence-electron chi connectivity index (χ3n) is 7.52. The molecule has 6 heteroatoms. The number of nitrogens with one attached hydrogen (secondary N) is 1. The van der Waals surface area contributed by atoms with Crippen molar-refractivity contribution in [2.45, 2.75) is 62.4 Å². The minimum Gasteiger partial charge on any atom is -0.330 e. The summed E-state index contributed by atoms with van der Waals surface area (Å²) in [6, 6.07) is 3.46. The van der Waals surface area contributed by atoms with Gasteiger partial charge in [0, 0.05) is 6.54 Å². The molecule has 1 atom stereocenters. The second kappa shape index (κ2) is 7.05. The van der Waals surface area contributed by atoms with Gasteiger partial charge >= 0.3 is 0 Å². The Hall–Kier alpha value is -1.56. The molecule has 4 bridgehead atoms. The third-order valence-corrected chi connectivity index (χ3v) is 8.18. The molecule has 5 fully saturated rings. The quantitative estimate of drug-likeness (QED) is 0.779. The minimum absolute atomic E-state index is 0.0609. The molecule has 1 saturated heterocycles. The van der Waals surface area contributed by atoms with Crippen LogP contribution in [-0.2, 0) is 9.59 Å². The second-order valence-electron chi connectivity index (χ2n) is 9.43. The fourth-order valence-corrected chi connectivity index (χ4v) is 7.12. The van der Waals surface area contributed by atoms with Gasteiger partial charge in [-0.25, -0.2) is 4.98 Å². The predicted octanol–water partition coefficient (Wildman–Crippen LogP) is 3.95. The molecule has 5 aliphatic rings. The highest BCUT2D eigenvalue weighted by Gasteiger charge is 2.56. The van der Waals surface area contributed by atoms with Crippen LogP contribution >= 0.6 is 11.8 Å². The van der Waals surface area contributed by atoms with Gasteiger partial charge in [0.1, 0.15) is 6.04 Å². The van der Waals surface area contributed by atoms with E-state index in [1.165, 1.54) is 19.3 Å². The Morgan fingerprint density at radius 1 is 1.14 bits per heavy atom. The summed E-state index contributed by atoms with van der Waals surface area (Å²) in [5.74, 6) is 2.44. The lowest BCUT2D eigenvalue weighted by molar-refractivity contribution is -0.160. The zero-order valence-electron chi connectivity index (χ0n) is 16.5. The molecule has 1 aliphatic heterocycles. The van der Waals surface area contributed by atoms with Crippen molar-refractivity contribution in [3.05, 3.63) is 18.3 Å². The first-order valence-corrected chi connectivity index (χ1v) is 11.9. The molecule has 2 amide bonds. The van der Waals surface area contributed by atoms with E-state index in [4.69, 9.17) is 0 Å². The summed E-state index contributed by atoms with van der Waals surface area (Å²) in [6.45, 7) is 0.725. The van der Waals surface area contributed by atoms with Gasteiger partial charge in [-0.3, -0.25) is 9.59 Å². The number of anilines is 1. The zero-order valence-corrected chi connectivity index (χ0v) is 17.3. The van der Waals surface area contributed by atoms with Crippen molar-refractivity contribution in [2.24, 2.45) is 23.2 Å². The fourth-order valence-electron chi connectivity index (χ4n) is 6.76. The number of likely N-dealkylation sites (tertiary alicyclic amines) is 1. The Bertz CT molecular complexity index is 743. The van der Waals surface area contributed by atoms with Gasteiger partial charge in [0.25, 0.3) is 0 Å². The SMILES string of the molecule is CSc1ccc(NC(=O)C2CCCN2C(=O)C23CC4CC(CC(C4)C2)C3)cn1. The van der Waals surface area contributed by atoms with Crippen molar-refractivity contribution in [2.75, 3.05) is 18.1 Å². The molecular formula is C22H29N3O2S. The third kappa shape index (κ3) is 3.14. The van der Waals surface area contributed by atoms with Crippen LogP contribution in [0.2, 0.25) is 0 Å². The van der Waals surface area contributed by atoms with Crippen LogP contribution in [0.5, 0.6) is 0 Å². The van der Waals surface area contributed by atoms with E-state index < -0.39 is 0 Å². The standard InChI is InChI=1S/C22H29N3O2S/c1-28-19-5-4-17(13-23-19)24-20(26)18-3-2-6-25(18)21(27)22-10-14-7-15(11-22)9-16(8-14)12-22/h4-5,13-16,18H,2-3,6-12H2,1H3,(H,24,26). The highest BCUT2D eigenvalue weighted by atomic mass is 32.2. The molecule has 6 rings (SSSR count). The summed E-state index contributed by atoms with van der Waals surface area (Å²) in [5, 5.41) is 3.92. The Labute approximate surface area is 171 Å². The molecular weight excluding hydrogens is 370 g/mol. The maximum atomic E-state index is 13.7. The molecule has 2 heterocycles. The molecule has 150 valence electrons.